The third kappa shape index (κ3) is 2.82. The van der Waals surface area contributed by atoms with Gasteiger partial charge in [-0.05, 0) is 36.3 Å². The van der Waals surface area contributed by atoms with Crippen LogP contribution in [-0.2, 0) is 6.42 Å². The van der Waals surface area contributed by atoms with Crippen LogP contribution in [0.15, 0.2) is 22.3 Å². The van der Waals surface area contributed by atoms with Crippen molar-refractivity contribution in [3.05, 3.63) is 39.1 Å². The smallest absolute Gasteiger partial charge is 0.251 e. The van der Waals surface area contributed by atoms with E-state index < -0.39 is 0 Å². The van der Waals surface area contributed by atoms with Crippen LogP contribution in [0.3, 0.4) is 0 Å². The normalized spacial score (nSPS) is 11.1. The predicted molar refractivity (Wildman–Crippen MR) is 71.4 cm³/mol. The van der Waals surface area contributed by atoms with Crippen LogP contribution in [0.25, 0.3) is 10.7 Å². The van der Waals surface area contributed by atoms with Gasteiger partial charge in [0.25, 0.3) is 5.56 Å². The lowest BCUT2D eigenvalue weighted by molar-refractivity contribution is 0.634. The van der Waals surface area contributed by atoms with Gasteiger partial charge in [0.15, 0.2) is 5.82 Å². The molecule has 17 heavy (non-hydrogen) atoms. The van der Waals surface area contributed by atoms with Crippen molar-refractivity contribution in [2.24, 2.45) is 5.92 Å². The van der Waals surface area contributed by atoms with E-state index in [2.05, 4.69) is 23.8 Å². The third-order valence-electron chi connectivity index (χ3n) is 2.49. The van der Waals surface area contributed by atoms with Crippen LogP contribution in [0.1, 0.15) is 25.1 Å². The first-order chi connectivity index (χ1) is 8.06. The Morgan fingerprint density at radius 3 is 2.82 bits per heavy atom. The SMILES string of the molecule is Cc1ccsc1-c1nc(CC(C)C)cc(=O)[nH]1. The summed E-state index contributed by atoms with van der Waals surface area (Å²) in [6, 6.07) is 3.63. The molecule has 4 heteroatoms. The van der Waals surface area contributed by atoms with E-state index in [0.29, 0.717) is 11.7 Å². The average molecular weight is 248 g/mol. The Bertz CT molecular complexity index is 569. The minimum absolute atomic E-state index is 0.0709. The molecular formula is C13H16N2OS. The Balaban J connectivity index is 2.45. The van der Waals surface area contributed by atoms with E-state index in [9.17, 15) is 4.79 Å². The van der Waals surface area contributed by atoms with E-state index in [1.807, 2.05) is 18.4 Å². The van der Waals surface area contributed by atoms with Crippen LogP contribution in [-0.4, -0.2) is 9.97 Å². The van der Waals surface area contributed by atoms with Crippen LogP contribution < -0.4 is 5.56 Å². The first-order valence-corrected chi connectivity index (χ1v) is 6.59. The van der Waals surface area contributed by atoms with Crippen molar-refractivity contribution >= 4 is 11.3 Å². The molecule has 0 saturated heterocycles. The second-order valence-electron chi connectivity index (χ2n) is 4.62. The molecule has 2 aromatic heterocycles. The standard InChI is InChI=1S/C13H16N2OS/c1-8(2)6-10-7-11(16)15-13(14-10)12-9(3)4-5-17-12/h4-5,7-8H,6H2,1-3H3,(H,14,15,16). The fraction of sp³-hybridized carbons (Fsp3) is 0.385. The second kappa shape index (κ2) is 4.84. The number of hydrogen-bond acceptors (Lipinski definition) is 3. The summed E-state index contributed by atoms with van der Waals surface area (Å²) in [5.74, 6) is 1.20. The van der Waals surface area contributed by atoms with Gasteiger partial charge in [-0.25, -0.2) is 4.98 Å². The zero-order valence-corrected chi connectivity index (χ0v) is 11.1. The molecule has 0 saturated carbocycles. The molecule has 0 aliphatic heterocycles. The van der Waals surface area contributed by atoms with Gasteiger partial charge in [-0.2, -0.15) is 0 Å². The van der Waals surface area contributed by atoms with Gasteiger partial charge >= 0.3 is 0 Å². The van der Waals surface area contributed by atoms with Crippen molar-refractivity contribution in [2.45, 2.75) is 27.2 Å². The topological polar surface area (TPSA) is 45.8 Å². The molecule has 0 aliphatic rings. The van der Waals surface area contributed by atoms with Crippen LogP contribution in [0.5, 0.6) is 0 Å². The van der Waals surface area contributed by atoms with E-state index in [-0.39, 0.29) is 5.56 Å². The first kappa shape index (κ1) is 12.0. The number of nitrogens with zero attached hydrogens (tertiary/aromatic N) is 1. The molecule has 0 amide bonds. The van der Waals surface area contributed by atoms with E-state index in [1.165, 1.54) is 0 Å². The molecule has 0 atom stereocenters. The number of hydrogen-bond donors (Lipinski definition) is 1. The number of rotatable bonds is 3. The molecule has 2 rings (SSSR count). The zero-order chi connectivity index (χ0) is 12.4. The quantitative estimate of drug-likeness (QED) is 0.907. The maximum absolute atomic E-state index is 11.6. The summed E-state index contributed by atoms with van der Waals surface area (Å²) in [4.78, 5) is 20.0. The van der Waals surface area contributed by atoms with Crippen LogP contribution in [0.4, 0.5) is 0 Å². The maximum Gasteiger partial charge on any atom is 0.251 e. The van der Waals surface area contributed by atoms with E-state index in [1.54, 1.807) is 17.4 Å². The van der Waals surface area contributed by atoms with Crippen molar-refractivity contribution in [1.29, 1.82) is 0 Å². The molecule has 0 bridgehead atoms. The molecule has 3 nitrogen and oxygen atoms in total. The molecule has 0 aliphatic carbocycles. The molecule has 0 spiro atoms. The summed E-state index contributed by atoms with van der Waals surface area (Å²) < 4.78 is 0. The van der Waals surface area contributed by atoms with Gasteiger partial charge in [0.2, 0.25) is 0 Å². The Labute approximate surface area is 105 Å². The molecule has 0 radical (unpaired) electrons. The Kier molecular flexibility index (Phi) is 3.43. The highest BCUT2D eigenvalue weighted by molar-refractivity contribution is 7.13. The van der Waals surface area contributed by atoms with Crippen molar-refractivity contribution < 1.29 is 0 Å². The first-order valence-electron chi connectivity index (χ1n) is 5.71. The number of aromatic nitrogens is 2. The molecule has 0 aromatic carbocycles. The number of H-pyrrole nitrogens is 1. The van der Waals surface area contributed by atoms with Gasteiger partial charge in [-0.1, -0.05) is 13.8 Å². The lowest BCUT2D eigenvalue weighted by Gasteiger charge is -2.05. The van der Waals surface area contributed by atoms with E-state index >= 15 is 0 Å². The van der Waals surface area contributed by atoms with E-state index in [4.69, 9.17) is 0 Å². The summed E-state index contributed by atoms with van der Waals surface area (Å²) in [5, 5.41) is 2.01. The fourth-order valence-electron chi connectivity index (χ4n) is 1.75. The largest absolute Gasteiger partial charge is 0.306 e. The van der Waals surface area contributed by atoms with Crippen LogP contribution >= 0.6 is 11.3 Å². The van der Waals surface area contributed by atoms with Crippen molar-refractivity contribution in [3.8, 4) is 10.7 Å². The van der Waals surface area contributed by atoms with Gasteiger partial charge < -0.3 is 4.98 Å². The summed E-state index contributed by atoms with van der Waals surface area (Å²) in [7, 11) is 0. The van der Waals surface area contributed by atoms with Crippen LogP contribution in [0.2, 0.25) is 0 Å². The van der Waals surface area contributed by atoms with Gasteiger partial charge in [-0.3, -0.25) is 4.79 Å². The number of aromatic amines is 1. The lowest BCUT2D eigenvalue weighted by atomic mass is 10.1. The Hall–Kier alpha value is -1.42. The molecule has 1 N–H and O–H groups in total. The zero-order valence-electron chi connectivity index (χ0n) is 10.3. The highest BCUT2D eigenvalue weighted by atomic mass is 32.1. The highest BCUT2D eigenvalue weighted by Gasteiger charge is 2.08. The minimum Gasteiger partial charge on any atom is -0.306 e. The molecular weight excluding hydrogens is 232 g/mol. The summed E-state index contributed by atoms with van der Waals surface area (Å²) in [6.45, 7) is 6.28. The van der Waals surface area contributed by atoms with Gasteiger partial charge in [0.1, 0.15) is 0 Å². The molecule has 2 aromatic rings. The molecule has 0 fully saturated rings. The number of nitrogens with one attached hydrogen (secondary N) is 1. The van der Waals surface area contributed by atoms with Crippen molar-refractivity contribution in [2.75, 3.05) is 0 Å². The number of aryl methyl sites for hydroxylation is 1. The Morgan fingerprint density at radius 1 is 1.47 bits per heavy atom. The van der Waals surface area contributed by atoms with Gasteiger partial charge in [-0.15, -0.1) is 11.3 Å². The van der Waals surface area contributed by atoms with Crippen molar-refractivity contribution in [1.82, 2.24) is 9.97 Å². The average Bonchev–Trinajstić information content (AvgIpc) is 2.62. The van der Waals surface area contributed by atoms with Gasteiger partial charge in [0, 0.05) is 11.8 Å². The fourth-order valence-corrected chi connectivity index (χ4v) is 2.62. The monoisotopic (exact) mass is 248 g/mol. The molecule has 0 unspecified atom stereocenters. The second-order valence-corrected chi connectivity index (χ2v) is 5.53. The minimum atomic E-state index is -0.0709. The summed E-state index contributed by atoms with van der Waals surface area (Å²) in [5.41, 5.74) is 1.95. The number of thiophene rings is 1. The summed E-state index contributed by atoms with van der Waals surface area (Å²) >= 11 is 1.61. The van der Waals surface area contributed by atoms with Crippen LogP contribution in [0, 0.1) is 12.8 Å². The molecule has 2 heterocycles. The maximum atomic E-state index is 11.6. The Morgan fingerprint density at radius 2 is 2.24 bits per heavy atom. The van der Waals surface area contributed by atoms with Crippen molar-refractivity contribution in [3.63, 3.8) is 0 Å². The van der Waals surface area contributed by atoms with E-state index in [0.717, 1.165) is 22.6 Å². The van der Waals surface area contributed by atoms with Gasteiger partial charge in [0.05, 0.1) is 4.88 Å². The summed E-state index contributed by atoms with van der Waals surface area (Å²) in [6.07, 6.45) is 0.835. The third-order valence-corrected chi connectivity index (χ3v) is 3.51. The lowest BCUT2D eigenvalue weighted by Crippen LogP contribution is -2.11. The molecule has 90 valence electrons. The highest BCUT2D eigenvalue weighted by Crippen LogP contribution is 2.25. The predicted octanol–water partition coefficient (Wildman–Crippen LogP) is 3.01.